The second kappa shape index (κ2) is 4.36. The summed E-state index contributed by atoms with van der Waals surface area (Å²) in [4.78, 5) is 0. The van der Waals surface area contributed by atoms with Crippen molar-refractivity contribution in [2.24, 2.45) is 0 Å². The van der Waals surface area contributed by atoms with Crippen LogP contribution in [0.4, 0.5) is 11.4 Å². The molecule has 0 bridgehead atoms. The van der Waals surface area contributed by atoms with Gasteiger partial charge < -0.3 is 11.1 Å². The van der Waals surface area contributed by atoms with Crippen molar-refractivity contribution >= 4 is 11.4 Å². The van der Waals surface area contributed by atoms with Crippen molar-refractivity contribution in [2.75, 3.05) is 11.1 Å². The van der Waals surface area contributed by atoms with E-state index in [4.69, 9.17) is 5.73 Å². The maximum atomic E-state index is 5.70. The van der Waals surface area contributed by atoms with Crippen LogP contribution in [0.5, 0.6) is 0 Å². The lowest BCUT2D eigenvalue weighted by atomic mass is 9.95. The first-order valence-electron chi connectivity index (χ1n) is 5.38. The van der Waals surface area contributed by atoms with Crippen LogP contribution < -0.4 is 11.1 Å². The highest BCUT2D eigenvalue weighted by Crippen LogP contribution is 2.22. The van der Waals surface area contributed by atoms with E-state index in [2.05, 4.69) is 11.4 Å². The molecule has 2 nitrogen and oxygen atoms in total. The van der Waals surface area contributed by atoms with Crippen molar-refractivity contribution in [1.29, 1.82) is 0 Å². The Hall–Kier alpha value is -1.18. The molecule has 1 fully saturated rings. The van der Waals surface area contributed by atoms with Crippen LogP contribution in [-0.2, 0) is 0 Å². The van der Waals surface area contributed by atoms with Gasteiger partial charge in [0.1, 0.15) is 0 Å². The highest BCUT2D eigenvalue weighted by Gasteiger charge is 2.12. The monoisotopic (exact) mass is 189 g/mol. The number of rotatable bonds is 2. The standard InChI is InChI=1S/C12H17N2/c13-10-5-4-8-12(9-10)14-11-6-2-1-3-7-11/h4-5,9,11,14H,1-3,6-7,13H2. The molecule has 1 radical (unpaired) electrons. The first-order valence-corrected chi connectivity index (χ1v) is 5.38. The molecule has 0 spiro atoms. The minimum absolute atomic E-state index is 0.627. The van der Waals surface area contributed by atoms with Crippen molar-refractivity contribution in [3.63, 3.8) is 0 Å². The van der Waals surface area contributed by atoms with Gasteiger partial charge in [0, 0.05) is 23.5 Å². The van der Waals surface area contributed by atoms with E-state index in [0.717, 1.165) is 11.4 Å². The first-order chi connectivity index (χ1) is 6.84. The zero-order chi connectivity index (χ0) is 9.80. The van der Waals surface area contributed by atoms with E-state index in [1.54, 1.807) is 0 Å². The number of hydrogen-bond donors (Lipinski definition) is 2. The molecule has 1 aromatic carbocycles. The molecular weight excluding hydrogens is 172 g/mol. The van der Waals surface area contributed by atoms with Crippen LogP contribution in [0.2, 0.25) is 0 Å². The number of hydrogen-bond acceptors (Lipinski definition) is 2. The molecule has 2 heteroatoms. The molecule has 3 N–H and O–H groups in total. The van der Waals surface area contributed by atoms with Crippen molar-refractivity contribution in [2.45, 2.75) is 38.1 Å². The Morgan fingerprint density at radius 3 is 2.79 bits per heavy atom. The summed E-state index contributed by atoms with van der Waals surface area (Å²) in [6.45, 7) is 0. The topological polar surface area (TPSA) is 38.0 Å². The Kier molecular flexibility index (Phi) is 2.92. The SMILES string of the molecule is Nc1cc[c]c(NC2CCCCC2)c1. The second-order valence-electron chi connectivity index (χ2n) is 4.01. The van der Waals surface area contributed by atoms with Crippen LogP contribution in [0.25, 0.3) is 0 Å². The molecule has 14 heavy (non-hydrogen) atoms. The summed E-state index contributed by atoms with van der Waals surface area (Å²) in [6.07, 6.45) is 6.64. The number of nitrogen functional groups attached to an aromatic ring is 1. The maximum absolute atomic E-state index is 5.70. The molecule has 1 aliphatic rings. The van der Waals surface area contributed by atoms with Gasteiger partial charge in [0.05, 0.1) is 0 Å². The van der Waals surface area contributed by atoms with E-state index in [1.165, 1.54) is 32.1 Å². The number of nitrogens with one attached hydrogen (secondary N) is 1. The Morgan fingerprint density at radius 1 is 1.29 bits per heavy atom. The van der Waals surface area contributed by atoms with E-state index in [-0.39, 0.29) is 0 Å². The lowest BCUT2D eigenvalue weighted by Gasteiger charge is -2.23. The Morgan fingerprint density at radius 2 is 2.07 bits per heavy atom. The van der Waals surface area contributed by atoms with Crippen molar-refractivity contribution in [3.8, 4) is 0 Å². The fourth-order valence-electron chi connectivity index (χ4n) is 2.03. The molecule has 75 valence electrons. The highest BCUT2D eigenvalue weighted by atomic mass is 14.9. The number of anilines is 2. The van der Waals surface area contributed by atoms with Crippen LogP contribution in [0.1, 0.15) is 32.1 Å². The number of nitrogens with two attached hydrogens (primary N) is 1. The predicted molar refractivity (Wildman–Crippen MR) is 60.2 cm³/mol. The molecule has 0 unspecified atom stereocenters. The quantitative estimate of drug-likeness (QED) is 0.702. The lowest BCUT2D eigenvalue weighted by molar-refractivity contribution is 0.463. The third-order valence-corrected chi connectivity index (χ3v) is 2.79. The van der Waals surface area contributed by atoms with Gasteiger partial charge in [0.15, 0.2) is 0 Å². The van der Waals surface area contributed by atoms with Crippen LogP contribution >= 0.6 is 0 Å². The summed E-state index contributed by atoms with van der Waals surface area (Å²) >= 11 is 0. The van der Waals surface area contributed by atoms with Crippen LogP contribution in [0.3, 0.4) is 0 Å². The van der Waals surface area contributed by atoms with Crippen LogP contribution in [0, 0.1) is 6.07 Å². The summed E-state index contributed by atoms with van der Waals surface area (Å²) in [5.74, 6) is 0. The van der Waals surface area contributed by atoms with Gasteiger partial charge in [-0.15, -0.1) is 0 Å². The Labute approximate surface area is 85.5 Å². The van der Waals surface area contributed by atoms with Gasteiger partial charge in [0.25, 0.3) is 0 Å². The Bertz CT molecular complexity index is 290. The van der Waals surface area contributed by atoms with E-state index in [1.807, 2.05) is 18.2 Å². The maximum Gasteiger partial charge on any atom is 0.0443 e. The third-order valence-electron chi connectivity index (χ3n) is 2.79. The van der Waals surface area contributed by atoms with Gasteiger partial charge in [-0.05, 0) is 25.0 Å². The van der Waals surface area contributed by atoms with Gasteiger partial charge in [-0.1, -0.05) is 25.3 Å². The molecule has 1 aromatic rings. The molecule has 1 aliphatic carbocycles. The summed E-state index contributed by atoms with van der Waals surface area (Å²) in [5, 5.41) is 3.49. The summed E-state index contributed by atoms with van der Waals surface area (Å²) in [5.41, 5.74) is 7.55. The van der Waals surface area contributed by atoms with E-state index < -0.39 is 0 Å². The average Bonchev–Trinajstić information content (AvgIpc) is 2.19. The Balaban J connectivity index is 1.95. The molecule has 0 aromatic heterocycles. The van der Waals surface area contributed by atoms with Gasteiger partial charge in [-0.2, -0.15) is 0 Å². The first kappa shape index (κ1) is 9.38. The van der Waals surface area contributed by atoms with Gasteiger partial charge in [0.2, 0.25) is 0 Å². The van der Waals surface area contributed by atoms with Gasteiger partial charge in [-0.3, -0.25) is 0 Å². The minimum Gasteiger partial charge on any atom is -0.399 e. The fourth-order valence-corrected chi connectivity index (χ4v) is 2.03. The van der Waals surface area contributed by atoms with Gasteiger partial charge >= 0.3 is 0 Å². The molecule has 0 amide bonds. The lowest BCUT2D eigenvalue weighted by Crippen LogP contribution is -2.22. The molecule has 0 aliphatic heterocycles. The third kappa shape index (κ3) is 2.41. The average molecular weight is 189 g/mol. The minimum atomic E-state index is 0.627. The zero-order valence-corrected chi connectivity index (χ0v) is 8.42. The van der Waals surface area contributed by atoms with E-state index in [0.29, 0.717) is 6.04 Å². The van der Waals surface area contributed by atoms with Crippen LogP contribution in [-0.4, -0.2) is 6.04 Å². The molecular formula is C12H17N2. The highest BCUT2D eigenvalue weighted by molar-refractivity contribution is 5.53. The van der Waals surface area contributed by atoms with E-state index in [9.17, 15) is 0 Å². The second-order valence-corrected chi connectivity index (χ2v) is 4.01. The summed E-state index contributed by atoms with van der Waals surface area (Å²) < 4.78 is 0. The van der Waals surface area contributed by atoms with E-state index >= 15 is 0 Å². The molecule has 0 atom stereocenters. The predicted octanol–water partition coefficient (Wildman–Crippen LogP) is 2.81. The zero-order valence-electron chi connectivity index (χ0n) is 8.42. The molecule has 0 saturated heterocycles. The largest absolute Gasteiger partial charge is 0.399 e. The van der Waals surface area contributed by atoms with Crippen molar-refractivity contribution < 1.29 is 0 Å². The molecule has 0 heterocycles. The van der Waals surface area contributed by atoms with Crippen LogP contribution in [0.15, 0.2) is 18.2 Å². The molecule has 1 saturated carbocycles. The number of benzene rings is 1. The van der Waals surface area contributed by atoms with Crippen molar-refractivity contribution in [3.05, 3.63) is 24.3 Å². The summed E-state index contributed by atoms with van der Waals surface area (Å²) in [6, 6.07) is 9.49. The fraction of sp³-hybridized carbons (Fsp3) is 0.500. The smallest absolute Gasteiger partial charge is 0.0443 e. The van der Waals surface area contributed by atoms with Gasteiger partial charge in [-0.25, -0.2) is 0 Å². The summed E-state index contributed by atoms with van der Waals surface area (Å²) in [7, 11) is 0. The normalized spacial score (nSPS) is 18.0. The van der Waals surface area contributed by atoms with Crippen molar-refractivity contribution in [1.82, 2.24) is 0 Å². The molecule has 2 rings (SSSR count).